The van der Waals surface area contributed by atoms with E-state index in [4.69, 9.17) is 9.15 Å². The average molecular weight is 313 g/mol. The number of nitrogens with zero attached hydrogens (tertiary/aromatic N) is 1. The summed E-state index contributed by atoms with van der Waals surface area (Å²) in [6.07, 6.45) is 0.414. The molecule has 1 aromatic heterocycles. The molecule has 0 radical (unpaired) electrons. The maximum atomic E-state index is 12.1. The highest BCUT2D eigenvalue weighted by Crippen LogP contribution is 2.21. The molecule has 1 aliphatic rings. The van der Waals surface area contributed by atoms with Crippen LogP contribution in [-0.4, -0.2) is 29.9 Å². The van der Waals surface area contributed by atoms with Gasteiger partial charge in [-0.2, -0.15) is 0 Å². The number of carbonyl (C=O) groups is 2. The summed E-state index contributed by atoms with van der Waals surface area (Å²) >= 11 is 0. The van der Waals surface area contributed by atoms with Crippen LogP contribution in [0.5, 0.6) is 0 Å². The van der Waals surface area contributed by atoms with Gasteiger partial charge in [0.1, 0.15) is 5.76 Å². The number of aryl methyl sites for hydroxylation is 1. The molecule has 2 aromatic rings. The average Bonchev–Trinajstić information content (AvgIpc) is 3.13. The molecular weight excluding hydrogens is 294 g/mol. The van der Waals surface area contributed by atoms with E-state index >= 15 is 0 Å². The highest BCUT2D eigenvalue weighted by Gasteiger charge is 2.30. The van der Waals surface area contributed by atoms with E-state index in [0.29, 0.717) is 25.3 Å². The van der Waals surface area contributed by atoms with Gasteiger partial charge >= 0.3 is 5.97 Å². The second-order valence-corrected chi connectivity index (χ2v) is 5.84. The number of furan rings is 1. The Balaban J connectivity index is 1.50. The Morgan fingerprint density at radius 1 is 1.26 bits per heavy atom. The van der Waals surface area contributed by atoms with Gasteiger partial charge in [0.25, 0.3) is 0 Å². The second-order valence-electron chi connectivity index (χ2n) is 5.84. The van der Waals surface area contributed by atoms with Crippen LogP contribution in [0.1, 0.15) is 28.3 Å². The topological polar surface area (TPSA) is 59.8 Å². The summed E-state index contributed by atoms with van der Waals surface area (Å²) < 4.78 is 10.5. The minimum atomic E-state index is -0.480. The number of esters is 1. The SMILES string of the molecule is Cc1ccc(C(=O)OC[C@@H]2CC(=O)N(Cc3ccccc3)C2)o1. The lowest BCUT2D eigenvalue weighted by atomic mass is 10.1. The predicted octanol–water partition coefficient (Wildman–Crippen LogP) is 2.79. The number of hydrogen-bond acceptors (Lipinski definition) is 4. The third kappa shape index (κ3) is 3.80. The zero-order valence-electron chi connectivity index (χ0n) is 13.0. The van der Waals surface area contributed by atoms with Gasteiger partial charge in [0.15, 0.2) is 0 Å². The van der Waals surface area contributed by atoms with E-state index in [0.717, 1.165) is 5.56 Å². The summed E-state index contributed by atoms with van der Waals surface area (Å²) in [6.45, 7) is 3.21. The van der Waals surface area contributed by atoms with Gasteiger partial charge in [-0.3, -0.25) is 4.79 Å². The molecule has 0 N–H and O–H groups in total. The van der Waals surface area contributed by atoms with Gasteiger partial charge in [0, 0.05) is 25.4 Å². The number of hydrogen-bond donors (Lipinski definition) is 0. The molecule has 1 atom stereocenters. The molecule has 0 bridgehead atoms. The van der Waals surface area contributed by atoms with Crippen LogP contribution in [0.4, 0.5) is 0 Å². The number of rotatable bonds is 5. The summed E-state index contributed by atoms with van der Waals surface area (Å²) in [7, 11) is 0. The molecule has 1 aliphatic heterocycles. The van der Waals surface area contributed by atoms with Gasteiger partial charge in [0.2, 0.25) is 11.7 Å². The molecule has 0 spiro atoms. The Kier molecular flexibility index (Phi) is 4.46. The van der Waals surface area contributed by atoms with Crippen molar-refractivity contribution < 1.29 is 18.7 Å². The monoisotopic (exact) mass is 313 g/mol. The largest absolute Gasteiger partial charge is 0.459 e. The fourth-order valence-electron chi connectivity index (χ4n) is 2.73. The van der Waals surface area contributed by atoms with Gasteiger partial charge in [0.05, 0.1) is 6.61 Å². The van der Waals surface area contributed by atoms with E-state index in [9.17, 15) is 9.59 Å². The van der Waals surface area contributed by atoms with E-state index in [1.165, 1.54) is 0 Å². The first-order valence-electron chi connectivity index (χ1n) is 7.67. The zero-order valence-corrected chi connectivity index (χ0v) is 13.0. The Morgan fingerprint density at radius 2 is 2.04 bits per heavy atom. The summed E-state index contributed by atoms with van der Waals surface area (Å²) in [5.41, 5.74) is 1.10. The van der Waals surface area contributed by atoms with Crippen molar-refractivity contribution in [2.75, 3.05) is 13.2 Å². The maximum absolute atomic E-state index is 12.1. The van der Waals surface area contributed by atoms with E-state index in [1.54, 1.807) is 19.1 Å². The van der Waals surface area contributed by atoms with Crippen molar-refractivity contribution in [1.29, 1.82) is 0 Å². The number of benzene rings is 1. The van der Waals surface area contributed by atoms with Crippen LogP contribution in [-0.2, 0) is 16.1 Å². The van der Waals surface area contributed by atoms with Crippen molar-refractivity contribution >= 4 is 11.9 Å². The third-order valence-electron chi connectivity index (χ3n) is 3.90. The van der Waals surface area contributed by atoms with E-state index in [2.05, 4.69) is 0 Å². The molecule has 1 aromatic carbocycles. The van der Waals surface area contributed by atoms with Gasteiger partial charge in [-0.1, -0.05) is 30.3 Å². The molecule has 3 rings (SSSR count). The smallest absolute Gasteiger partial charge is 0.374 e. The molecule has 0 saturated carbocycles. The Bertz CT molecular complexity index is 692. The van der Waals surface area contributed by atoms with Crippen molar-refractivity contribution in [3.63, 3.8) is 0 Å². The van der Waals surface area contributed by atoms with Crippen LogP contribution >= 0.6 is 0 Å². The lowest BCUT2D eigenvalue weighted by Crippen LogP contribution is -2.25. The summed E-state index contributed by atoms with van der Waals surface area (Å²) in [5, 5.41) is 0. The molecule has 1 amide bonds. The molecule has 2 heterocycles. The van der Waals surface area contributed by atoms with E-state index in [1.807, 2.05) is 35.2 Å². The molecule has 5 nitrogen and oxygen atoms in total. The first-order chi connectivity index (χ1) is 11.1. The third-order valence-corrected chi connectivity index (χ3v) is 3.90. The van der Waals surface area contributed by atoms with Crippen molar-refractivity contribution in [2.24, 2.45) is 5.92 Å². The Morgan fingerprint density at radius 3 is 2.74 bits per heavy atom. The molecule has 0 unspecified atom stereocenters. The fraction of sp³-hybridized carbons (Fsp3) is 0.333. The van der Waals surface area contributed by atoms with Crippen molar-refractivity contribution in [3.05, 3.63) is 59.5 Å². The minimum Gasteiger partial charge on any atom is -0.459 e. The number of likely N-dealkylation sites (tertiary alicyclic amines) is 1. The summed E-state index contributed by atoms with van der Waals surface area (Å²) in [4.78, 5) is 25.7. The van der Waals surface area contributed by atoms with Gasteiger partial charge in [-0.15, -0.1) is 0 Å². The first-order valence-corrected chi connectivity index (χ1v) is 7.67. The highest BCUT2D eigenvalue weighted by atomic mass is 16.5. The standard InChI is InChI=1S/C18H19NO4/c1-13-7-8-16(23-13)18(21)22-12-15-9-17(20)19(11-15)10-14-5-3-2-4-6-14/h2-8,15H,9-12H2,1H3/t15-/m1/s1. The molecule has 120 valence electrons. The van der Waals surface area contributed by atoms with Crippen LogP contribution in [0, 0.1) is 12.8 Å². The minimum absolute atomic E-state index is 0.0335. The normalized spacial score (nSPS) is 17.5. The number of ether oxygens (including phenoxy) is 1. The lowest BCUT2D eigenvalue weighted by molar-refractivity contribution is -0.128. The Hall–Kier alpha value is -2.56. The van der Waals surface area contributed by atoms with Crippen LogP contribution < -0.4 is 0 Å². The van der Waals surface area contributed by atoms with Crippen LogP contribution in [0.15, 0.2) is 46.9 Å². The lowest BCUT2D eigenvalue weighted by Gasteiger charge is -2.16. The zero-order chi connectivity index (χ0) is 16.2. The molecular formula is C18H19NO4. The molecule has 1 saturated heterocycles. The van der Waals surface area contributed by atoms with Crippen LogP contribution in [0.25, 0.3) is 0 Å². The van der Waals surface area contributed by atoms with Crippen LogP contribution in [0.3, 0.4) is 0 Å². The predicted molar refractivity (Wildman–Crippen MR) is 83.7 cm³/mol. The van der Waals surface area contributed by atoms with Gasteiger partial charge in [-0.25, -0.2) is 4.79 Å². The van der Waals surface area contributed by atoms with E-state index in [-0.39, 0.29) is 24.2 Å². The van der Waals surface area contributed by atoms with Gasteiger partial charge in [-0.05, 0) is 24.6 Å². The van der Waals surface area contributed by atoms with Crippen molar-refractivity contribution in [3.8, 4) is 0 Å². The Labute approximate surface area is 134 Å². The maximum Gasteiger partial charge on any atom is 0.374 e. The molecule has 1 fully saturated rings. The van der Waals surface area contributed by atoms with E-state index < -0.39 is 5.97 Å². The highest BCUT2D eigenvalue weighted by molar-refractivity contribution is 5.86. The van der Waals surface area contributed by atoms with Gasteiger partial charge < -0.3 is 14.1 Å². The van der Waals surface area contributed by atoms with Crippen molar-refractivity contribution in [2.45, 2.75) is 19.9 Å². The summed E-state index contributed by atoms with van der Waals surface area (Å²) in [6, 6.07) is 13.2. The fourth-order valence-corrected chi connectivity index (χ4v) is 2.73. The number of amides is 1. The second kappa shape index (κ2) is 6.69. The molecule has 23 heavy (non-hydrogen) atoms. The van der Waals surface area contributed by atoms with Crippen LogP contribution in [0.2, 0.25) is 0 Å². The van der Waals surface area contributed by atoms with Crippen molar-refractivity contribution in [1.82, 2.24) is 4.90 Å². The summed E-state index contributed by atoms with van der Waals surface area (Å²) in [5.74, 6) is 0.525. The molecule has 0 aliphatic carbocycles. The first kappa shape index (κ1) is 15.3. The number of carbonyl (C=O) groups excluding carboxylic acids is 2. The quantitative estimate of drug-likeness (QED) is 0.796. The molecule has 5 heteroatoms.